The molecule has 0 bridgehead atoms. The van der Waals surface area contributed by atoms with E-state index >= 15 is 0 Å². The molecular weight excluding hydrogens is 319 g/mol. The quantitative estimate of drug-likeness (QED) is 0.752. The molecule has 0 amide bonds. The maximum atomic E-state index is 14.2. The van der Waals surface area contributed by atoms with E-state index in [1.807, 2.05) is 0 Å². The summed E-state index contributed by atoms with van der Waals surface area (Å²) < 4.78 is 14.7. The molecule has 1 aromatic carbocycles. The summed E-state index contributed by atoms with van der Waals surface area (Å²) in [5.41, 5.74) is -0.721. The van der Waals surface area contributed by atoms with E-state index in [2.05, 4.69) is 22.9 Å². The summed E-state index contributed by atoms with van der Waals surface area (Å²) in [6, 6.07) is 3.34. The Bertz CT molecular complexity index is 452. The van der Waals surface area contributed by atoms with Gasteiger partial charge in [-0.25, -0.2) is 4.39 Å². The Morgan fingerprint density at radius 2 is 2.28 bits per heavy atom. The first-order chi connectivity index (χ1) is 8.48. The van der Waals surface area contributed by atoms with Crippen molar-refractivity contribution in [3.05, 3.63) is 33.0 Å². The van der Waals surface area contributed by atoms with Crippen LogP contribution >= 0.6 is 27.5 Å². The first-order valence-corrected chi connectivity index (χ1v) is 7.51. The Morgan fingerprint density at radius 3 is 2.94 bits per heavy atom. The molecule has 1 aliphatic rings. The van der Waals surface area contributed by atoms with E-state index < -0.39 is 11.4 Å². The van der Waals surface area contributed by atoms with Gasteiger partial charge in [0.1, 0.15) is 5.82 Å². The molecule has 0 aliphatic heterocycles. The number of hydrogen-bond acceptors (Lipinski definition) is 1. The number of benzene rings is 1. The molecule has 0 heterocycles. The highest BCUT2D eigenvalue weighted by atomic mass is 79.9. The largest absolute Gasteiger partial charge is 0.385 e. The summed E-state index contributed by atoms with van der Waals surface area (Å²) in [4.78, 5) is 0. The van der Waals surface area contributed by atoms with Crippen LogP contribution in [0.5, 0.6) is 0 Å². The average Bonchev–Trinajstić information content (AvgIpc) is 2.35. The molecule has 1 nitrogen and oxygen atoms in total. The minimum absolute atomic E-state index is 0.0551. The molecule has 1 aliphatic carbocycles. The van der Waals surface area contributed by atoms with E-state index in [9.17, 15) is 9.50 Å². The van der Waals surface area contributed by atoms with Crippen molar-refractivity contribution in [1.82, 2.24) is 0 Å². The van der Waals surface area contributed by atoms with Crippen molar-refractivity contribution in [2.45, 2.75) is 44.6 Å². The minimum atomic E-state index is -1.06. The predicted molar refractivity (Wildman–Crippen MR) is 75.3 cm³/mol. The topological polar surface area (TPSA) is 20.2 Å². The predicted octanol–water partition coefficient (Wildman–Crippen LogP) is 5.03. The number of aliphatic hydroxyl groups is 1. The van der Waals surface area contributed by atoms with E-state index in [0.717, 1.165) is 19.3 Å². The van der Waals surface area contributed by atoms with E-state index in [4.69, 9.17) is 11.6 Å². The number of hydrogen-bond donors (Lipinski definition) is 1. The summed E-state index contributed by atoms with van der Waals surface area (Å²) in [6.07, 6.45) is 4.30. The average molecular weight is 336 g/mol. The molecule has 2 unspecified atom stereocenters. The van der Waals surface area contributed by atoms with Gasteiger partial charge in [-0.2, -0.15) is 0 Å². The van der Waals surface area contributed by atoms with Gasteiger partial charge in [0.15, 0.2) is 0 Å². The van der Waals surface area contributed by atoms with Gasteiger partial charge in [0.25, 0.3) is 0 Å². The molecule has 0 aromatic heterocycles. The van der Waals surface area contributed by atoms with Gasteiger partial charge in [-0.3, -0.25) is 0 Å². The van der Waals surface area contributed by atoms with Crippen LogP contribution in [0, 0.1) is 11.7 Å². The van der Waals surface area contributed by atoms with Crippen molar-refractivity contribution in [2.24, 2.45) is 5.92 Å². The van der Waals surface area contributed by atoms with Gasteiger partial charge >= 0.3 is 0 Å². The third kappa shape index (κ3) is 2.59. The fourth-order valence-electron chi connectivity index (χ4n) is 2.84. The first-order valence-electron chi connectivity index (χ1n) is 6.34. The zero-order chi connectivity index (χ0) is 13.3. The number of halogens is 3. The van der Waals surface area contributed by atoms with Crippen molar-refractivity contribution >= 4 is 27.5 Å². The highest BCUT2D eigenvalue weighted by molar-refractivity contribution is 9.10. The van der Waals surface area contributed by atoms with Crippen molar-refractivity contribution < 1.29 is 9.50 Å². The van der Waals surface area contributed by atoms with Gasteiger partial charge in [0.05, 0.1) is 10.6 Å². The van der Waals surface area contributed by atoms with Crippen LogP contribution in [0.1, 0.15) is 44.6 Å². The summed E-state index contributed by atoms with van der Waals surface area (Å²) >= 11 is 9.10. The summed E-state index contributed by atoms with van der Waals surface area (Å²) in [7, 11) is 0. The van der Waals surface area contributed by atoms with Crippen LogP contribution in [0.2, 0.25) is 5.02 Å². The second-order valence-corrected chi connectivity index (χ2v) is 6.36. The van der Waals surface area contributed by atoms with Crippen molar-refractivity contribution in [3.8, 4) is 0 Å². The van der Waals surface area contributed by atoms with Gasteiger partial charge in [-0.15, -0.1) is 0 Å². The molecule has 1 N–H and O–H groups in total. The second-order valence-electron chi connectivity index (χ2n) is 5.13. The Morgan fingerprint density at radius 1 is 1.56 bits per heavy atom. The van der Waals surface area contributed by atoms with Gasteiger partial charge in [0.2, 0.25) is 0 Å². The SMILES string of the molecule is CCC1CCCC(O)(c2ccc(Br)c(Cl)c2F)C1. The standard InChI is InChI=1S/C14H17BrClFO/c1-2-9-4-3-7-14(18,8-9)10-5-6-11(15)12(16)13(10)17/h5-6,9,18H,2-4,7-8H2,1H3. The van der Waals surface area contributed by atoms with Crippen molar-refractivity contribution in [2.75, 3.05) is 0 Å². The lowest BCUT2D eigenvalue weighted by atomic mass is 9.73. The van der Waals surface area contributed by atoms with Crippen molar-refractivity contribution in [3.63, 3.8) is 0 Å². The van der Waals surface area contributed by atoms with Crippen LogP contribution in [0.3, 0.4) is 0 Å². The van der Waals surface area contributed by atoms with Gasteiger partial charge < -0.3 is 5.11 Å². The second kappa shape index (κ2) is 5.48. The fraction of sp³-hybridized carbons (Fsp3) is 0.571. The molecule has 0 radical (unpaired) electrons. The van der Waals surface area contributed by atoms with Crippen LogP contribution in [0.25, 0.3) is 0 Å². The van der Waals surface area contributed by atoms with E-state index in [-0.39, 0.29) is 5.02 Å². The Labute approximate surface area is 120 Å². The van der Waals surface area contributed by atoms with Gasteiger partial charge in [0, 0.05) is 10.0 Å². The summed E-state index contributed by atoms with van der Waals surface area (Å²) in [6.45, 7) is 2.11. The number of rotatable bonds is 2. The van der Waals surface area contributed by atoms with Gasteiger partial charge in [-0.1, -0.05) is 37.4 Å². The molecule has 18 heavy (non-hydrogen) atoms. The van der Waals surface area contributed by atoms with Gasteiger partial charge in [-0.05, 0) is 47.2 Å². The van der Waals surface area contributed by atoms with E-state index in [1.54, 1.807) is 12.1 Å². The highest BCUT2D eigenvalue weighted by Crippen LogP contribution is 2.43. The molecule has 0 saturated heterocycles. The molecule has 1 fully saturated rings. The fourth-order valence-corrected chi connectivity index (χ4v) is 3.31. The van der Waals surface area contributed by atoms with Crippen LogP contribution in [0.4, 0.5) is 4.39 Å². The third-order valence-electron chi connectivity index (χ3n) is 3.94. The Kier molecular flexibility index (Phi) is 4.35. The smallest absolute Gasteiger partial charge is 0.149 e. The summed E-state index contributed by atoms with van der Waals surface area (Å²) in [5, 5.41) is 10.8. The molecule has 2 rings (SSSR count). The Balaban J connectivity index is 2.38. The maximum absolute atomic E-state index is 14.2. The highest BCUT2D eigenvalue weighted by Gasteiger charge is 2.37. The van der Waals surface area contributed by atoms with Crippen LogP contribution < -0.4 is 0 Å². The molecular formula is C14H17BrClFO. The lowest BCUT2D eigenvalue weighted by molar-refractivity contribution is -0.0245. The van der Waals surface area contributed by atoms with Crippen LogP contribution in [0.15, 0.2) is 16.6 Å². The molecule has 4 heteroatoms. The zero-order valence-electron chi connectivity index (χ0n) is 10.3. The van der Waals surface area contributed by atoms with E-state index in [0.29, 0.717) is 28.8 Å². The lowest BCUT2D eigenvalue weighted by Gasteiger charge is -2.37. The van der Waals surface area contributed by atoms with Crippen molar-refractivity contribution in [1.29, 1.82) is 0 Å². The molecule has 1 saturated carbocycles. The normalized spacial score (nSPS) is 28.4. The van der Waals surface area contributed by atoms with E-state index in [1.165, 1.54) is 0 Å². The lowest BCUT2D eigenvalue weighted by Crippen LogP contribution is -2.33. The molecule has 100 valence electrons. The Hall–Kier alpha value is -0.120. The zero-order valence-corrected chi connectivity index (χ0v) is 12.7. The van der Waals surface area contributed by atoms with Crippen LogP contribution in [-0.2, 0) is 5.60 Å². The third-order valence-corrected chi connectivity index (χ3v) is 5.20. The minimum Gasteiger partial charge on any atom is -0.385 e. The first kappa shape index (κ1) is 14.3. The monoisotopic (exact) mass is 334 g/mol. The molecule has 1 aromatic rings. The summed E-state index contributed by atoms with van der Waals surface area (Å²) in [5.74, 6) is -0.0316. The maximum Gasteiger partial charge on any atom is 0.149 e. The van der Waals surface area contributed by atoms with Crippen LogP contribution in [-0.4, -0.2) is 5.11 Å². The molecule has 2 atom stereocenters. The molecule has 0 spiro atoms.